The van der Waals surface area contributed by atoms with E-state index in [9.17, 15) is 12.8 Å². The number of likely N-dealkylation sites (N-methyl/N-ethyl adjacent to an activating group) is 1. The van der Waals surface area contributed by atoms with Crippen LogP contribution in [0.2, 0.25) is 0 Å². The fourth-order valence-electron chi connectivity index (χ4n) is 2.15. The Morgan fingerprint density at radius 1 is 1.53 bits per heavy atom. The summed E-state index contributed by atoms with van der Waals surface area (Å²) >= 11 is 0. The van der Waals surface area contributed by atoms with Crippen LogP contribution in [0.5, 0.6) is 0 Å². The van der Waals surface area contributed by atoms with Crippen molar-refractivity contribution in [2.45, 2.75) is 17.4 Å². The molecule has 5 nitrogen and oxygen atoms in total. The number of nitrogens with zero attached hydrogens (tertiary/aromatic N) is 2. The first-order valence-electron chi connectivity index (χ1n) is 5.83. The summed E-state index contributed by atoms with van der Waals surface area (Å²) in [6, 6.07) is 4.99. The molecule has 0 aromatic heterocycles. The Labute approximate surface area is 111 Å². The standard InChI is InChI=1S/C12H14FN3O2S/c1-16-6-5-9(8-16)15-19(17,18)12-4-2-3-11(13)10(12)7-14/h2-4,9,15H,5-6,8H2,1H3. The zero-order chi connectivity index (χ0) is 14.0. The number of benzene rings is 1. The summed E-state index contributed by atoms with van der Waals surface area (Å²) in [4.78, 5) is 1.70. The van der Waals surface area contributed by atoms with E-state index in [1.165, 1.54) is 12.1 Å². The predicted molar refractivity (Wildman–Crippen MR) is 67.3 cm³/mol. The highest BCUT2D eigenvalue weighted by molar-refractivity contribution is 7.89. The summed E-state index contributed by atoms with van der Waals surface area (Å²) in [7, 11) is -1.97. The minimum absolute atomic E-state index is 0.204. The number of nitriles is 1. The summed E-state index contributed by atoms with van der Waals surface area (Å²) in [5.41, 5.74) is -0.443. The van der Waals surface area contributed by atoms with E-state index in [1.54, 1.807) is 6.07 Å². The Morgan fingerprint density at radius 3 is 2.84 bits per heavy atom. The molecule has 0 aliphatic carbocycles. The molecular formula is C12H14FN3O2S. The van der Waals surface area contributed by atoms with E-state index in [0.717, 1.165) is 12.6 Å². The third-order valence-corrected chi connectivity index (χ3v) is 4.65. The van der Waals surface area contributed by atoms with Crippen LogP contribution >= 0.6 is 0 Å². The van der Waals surface area contributed by atoms with Crippen LogP contribution in [0.4, 0.5) is 4.39 Å². The van der Waals surface area contributed by atoms with Crippen molar-refractivity contribution in [3.63, 3.8) is 0 Å². The third kappa shape index (κ3) is 2.92. The topological polar surface area (TPSA) is 73.2 Å². The van der Waals surface area contributed by atoms with Gasteiger partial charge < -0.3 is 4.90 Å². The van der Waals surface area contributed by atoms with Crippen LogP contribution < -0.4 is 4.72 Å². The third-order valence-electron chi connectivity index (χ3n) is 3.09. The Balaban J connectivity index is 2.30. The summed E-state index contributed by atoms with van der Waals surface area (Å²) in [6.07, 6.45) is 0.701. The molecule has 0 radical (unpaired) electrons. The van der Waals surface area contributed by atoms with Crippen LogP contribution in [-0.4, -0.2) is 39.5 Å². The molecule has 7 heteroatoms. The number of nitrogens with one attached hydrogen (secondary N) is 1. The molecule has 19 heavy (non-hydrogen) atoms. The monoisotopic (exact) mass is 283 g/mol. The molecule has 0 amide bonds. The van der Waals surface area contributed by atoms with Crippen LogP contribution in [0, 0.1) is 17.1 Å². The molecule has 0 saturated carbocycles. The summed E-state index contributed by atoms with van der Waals surface area (Å²) in [5, 5.41) is 8.88. The molecule has 1 aliphatic heterocycles. The van der Waals surface area contributed by atoms with Crippen LogP contribution in [0.25, 0.3) is 0 Å². The van der Waals surface area contributed by atoms with Gasteiger partial charge in [-0.2, -0.15) is 5.26 Å². The molecule has 0 bridgehead atoms. The quantitative estimate of drug-likeness (QED) is 0.885. The lowest BCUT2D eigenvalue weighted by atomic mass is 10.2. The van der Waals surface area contributed by atoms with Gasteiger partial charge in [0, 0.05) is 12.6 Å². The summed E-state index contributed by atoms with van der Waals surface area (Å²) in [5.74, 6) is -0.825. The van der Waals surface area contributed by atoms with Crippen molar-refractivity contribution in [3.05, 3.63) is 29.6 Å². The Kier molecular flexibility index (Phi) is 3.85. The van der Waals surface area contributed by atoms with Gasteiger partial charge in [-0.15, -0.1) is 0 Å². The van der Waals surface area contributed by atoms with E-state index in [1.807, 2.05) is 11.9 Å². The maximum atomic E-state index is 13.4. The number of halogens is 1. The van der Waals surface area contributed by atoms with Gasteiger partial charge in [-0.3, -0.25) is 0 Å². The second kappa shape index (κ2) is 5.25. The summed E-state index contributed by atoms with van der Waals surface area (Å²) < 4.78 is 40.3. The summed E-state index contributed by atoms with van der Waals surface area (Å²) in [6.45, 7) is 1.41. The van der Waals surface area contributed by atoms with Gasteiger partial charge in [-0.25, -0.2) is 17.5 Å². The number of hydrogen-bond donors (Lipinski definition) is 1. The average molecular weight is 283 g/mol. The van der Waals surface area contributed by atoms with E-state index in [-0.39, 0.29) is 10.9 Å². The van der Waals surface area contributed by atoms with Crippen molar-refractivity contribution in [1.82, 2.24) is 9.62 Å². The molecule has 1 aromatic rings. The molecule has 1 heterocycles. The molecule has 1 saturated heterocycles. The van der Waals surface area contributed by atoms with Crippen LogP contribution in [-0.2, 0) is 10.0 Å². The molecule has 1 unspecified atom stereocenters. The fraction of sp³-hybridized carbons (Fsp3) is 0.417. The van der Waals surface area contributed by atoms with Crippen LogP contribution in [0.1, 0.15) is 12.0 Å². The van der Waals surface area contributed by atoms with E-state index in [4.69, 9.17) is 5.26 Å². The molecule has 102 valence electrons. The molecule has 2 rings (SSSR count). The molecule has 1 aliphatic rings. The number of rotatable bonds is 3. The van der Waals surface area contributed by atoms with E-state index >= 15 is 0 Å². The van der Waals surface area contributed by atoms with E-state index in [2.05, 4.69) is 4.72 Å². The molecule has 0 spiro atoms. The van der Waals surface area contributed by atoms with Crippen molar-refractivity contribution in [1.29, 1.82) is 5.26 Å². The maximum Gasteiger partial charge on any atom is 0.242 e. The van der Waals surface area contributed by atoms with Gasteiger partial charge in [-0.05, 0) is 32.1 Å². The van der Waals surface area contributed by atoms with Gasteiger partial charge >= 0.3 is 0 Å². The SMILES string of the molecule is CN1CCC(NS(=O)(=O)c2cccc(F)c2C#N)C1. The van der Waals surface area contributed by atoms with Gasteiger partial charge in [0.1, 0.15) is 22.3 Å². The van der Waals surface area contributed by atoms with Gasteiger partial charge in [-0.1, -0.05) is 6.07 Å². The van der Waals surface area contributed by atoms with E-state index in [0.29, 0.717) is 13.0 Å². The lowest BCUT2D eigenvalue weighted by molar-refractivity contribution is 0.407. The average Bonchev–Trinajstić information content (AvgIpc) is 2.73. The first-order valence-corrected chi connectivity index (χ1v) is 7.32. The molecule has 1 atom stereocenters. The Morgan fingerprint density at radius 2 is 2.26 bits per heavy atom. The van der Waals surface area contributed by atoms with Crippen molar-refractivity contribution in [2.24, 2.45) is 0 Å². The fourth-order valence-corrected chi connectivity index (χ4v) is 3.58. The second-order valence-electron chi connectivity index (χ2n) is 4.59. The highest BCUT2D eigenvalue weighted by Gasteiger charge is 2.27. The highest BCUT2D eigenvalue weighted by atomic mass is 32.2. The molecular weight excluding hydrogens is 269 g/mol. The largest absolute Gasteiger partial charge is 0.305 e. The number of sulfonamides is 1. The number of likely N-dealkylation sites (tertiary alicyclic amines) is 1. The van der Waals surface area contributed by atoms with Crippen molar-refractivity contribution in [2.75, 3.05) is 20.1 Å². The molecule has 1 aromatic carbocycles. The zero-order valence-corrected chi connectivity index (χ0v) is 11.2. The van der Waals surface area contributed by atoms with Crippen molar-refractivity contribution in [3.8, 4) is 6.07 Å². The maximum absolute atomic E-state index is 13.4. The normalized spacial score (nSPS) is 20.4. The van der Waals surface area contributed by atoms with Crippen LogP contribution in [0.15, 0.2) is 23.1 Å². The smallest absolute Gasteiger partial charge is 0.242 e. The minimum Gasteiger partial charge on any atom is -0.305 e. The van der Waals surface area contributed by atoms with Gasteiger partial charge in [0.15, 0.2) is 0 Å². The highest BCUT2D eigenvalue weighted by Crippen LogP contribution is 2.19. The van der Waals surface area contributed by atoms with Crippen LogP contribution in [0.3, 0.4) is 0 Å². The Hall–Kier alpha value is -1.49. The predicted octanol–water partition coefficient (Wildman–Crippen LogP) is 0.680. The van der Waals surface area contributed by atoms with Gasteiger partial charge in [0.05, 0.1) is 0 Å². The molecule has 1 fully saturated rings. The van der Waals surface area contributed by atoms with Crippen molar-refractivity contribution >= 4 is 10.0 Å². The first-order chi connectivity index (χ1) is 8.94. The van der Waals surface area contributed by atoms with Gasteiger partial charge in [0.25, 0.3) is 0 Å². The Bertz CT molecular complexity index is 624. The van der Waals surface area contributed by atoms with Gasteiger partial charge in [0.2, 0.25) is 10.0 Å². The lowest BCUT2D eigenvalue weighted by Crippen LogP contribution is -2.36. The van der Waals surface area contributed by atoms with Crippen molar-refractivity contribution < 1.29 is 12.8 Å². The zero-order valence-electron chi connectivity index (χ0n) is 10.4. The lowest BCUT2D eigenvalue weighted by Gasteiger charge is -2.14. The van der Waals surface area contributed by atoms with E-state index < -0.39 is 21.4 Å². The molecule has 1 N–H and O–H groups in total. The second-order valence-corrected chi connectivity index (χ2v) is 6.28. The first kappa shape index (κ1) is 13.9. The minimum atomic E-state index is -3.87. The number of hydrogen-bond acceptors (Lipinski definition) is 4.